The maximum Gasteiger partial charge on any atom is 0.240 e. The molecule has 0 aliphatic carbocycles. The zero-order valence-corrected chi connectivity index (χ0v) is 13.0. The molecule has 116 valence electrons. The van der Waals surface area contributed by atoms with Gasteiger partial charge in [-0.3, -0.25) is 0 Å². The summed E-state index contributed by atoms with van der Waals surface area (Å²) in [6, 6.07) is 5.72. The number of sulfonamides is 2. The molecule has 0 radical (unpaired) electrons. The molecule has 0 aliphatic rings. The van der Waals surface area contributed by atoms with Gasteiger partial charge in [0.15, 0.2) is 0 Å². The van der Waals surface area contributed by atoms with Gasteiger partial charge in [0.1, 0.15) is 6.61 Å². The van der Waals surface area contributed by atoms with Crippen LogP contribution in [0.1, 0.15) is 5.56 Å². The maximum atomic E-state index is 11.9. The number of rotatable bonds is 6. The van der Waals surface area contributed by atoms with Gasteiger partial charge in [0.25, 0.3) is 0 Å². The molecule has 9 heteroatoms. The number of aliphatic hydroxyl groups excluding tert-OH is 1. The molecule has 0 spiro atoms. The van der Waals surface area contributed by atoms with Crippen LogP contribution in [-0.4, -0.2) is 47.9 Å². The SMILES string of the molecule is CNS(=O)(=O)CCNS(=O)(=O)c1ccc(C#CCO)cc1. The van der Waals surface area contributed by atoms with E-state index < -0.39 is 20.0 Å². The number of nitrogens with one attached hydrogen (secondary N) is 2. The zero-order valence-electron chi connectivity index (χ0n) is 11.3. The Kier molecular flexibility index (Phi) is 6.32. The smallest absolute Gasteiger partial charge is 0.240 e. The van der Waals surface area contributed by atoms with Crippen molar-refractivity contribution >= 4 is 20.0 Å². The summed E-state index contributed by atoms with van der Waals surface area (Å²) in [7, 11) is -5.97. The van der Waals surface area contributed by atoms with Crippen LogP contribution in [0.15, 0.2) is 29.2 Å². The van der Waals surface area contributed by atoms with Crippen LogP contribution in [0.4, 0.5) is 0 Å². The van der Waals surface area contributed by atoms with Gasteiger partial charge in [-0.25, -0.2) is 26.3 Å². The molecule has 0 fully saturated rings. The van der Waals surface area contributed by atoms with Crippen LogP contribution >= 0.6 is 0 Å². The van der Waals surface area contributed by atoms with Gasteiger partial charge in [0.05, 0.1) is 10.6 Å². The molecule has 0 amide bonds. The van der Waals surface area contributed by atoms with Crippen molar-refractivity contribution in [1.82, 2.24) is 9.44 Å². The number of hydrogen-bond acceptors (Lipinski definition) is 5. The average Bonchev–Trinajstić information content (AvgIpc) is 2.45. The lowest BCUT2D eigenvalue weighted by Crippen LogP contribution is -2.32. The molecular weight excluding hydrogens is 316 g/mol. The zero-order chi connectivity index (χ0) is 15.9. The Hall–Kier alpha value is -1.44. The fraction of sp³-hybridized carbons (Fsp3) is 0.333. The standard InChI is InChI=1S/C12H16N2O5S2/c1-13-20(16,17)10-8-14-21(18,19)12-6-4-11(5-7-12)3-2-9-15/h4-7,13-15H,8-10H2,1H3. The third-order valence-corrected chi connectivity index (χ3v) is 5.29. The van der Waals surface area contributed by atoms with E-state index in [-0.39, 0.29) is 23.8 Å². The first-order chi connectivity index (χ1) is 9.80. The Labute approximate surface area is 124 Å². The lowest BCUT2D eigenvalue weighted by molar-refractivity contribution is 0.350. The molecule has 21 heavy (non-hydrogen) atoms. The number of aliphatic hydroxyl groups is 1. The predicted molar refractivity (Wildman–Crippen MR) is 78.4 cm³/mol. The van der Waals surface area contributed by atoms with Crippen molar-refractivity contribution in [3.8, 4) is 11.8 Å². The van der Waals surface area contributed by atoms with E-state index in [9.17, 15) is 16.8 Å². The first-order valence-electron chi connectivity index (χ1n) is 5.91. The highest BCUT2D eigenvalue weighted by Gasteiger charge is 2.15. The second-order valence-electron chi connectivity index (χ2n) is 3.91. The molecule has 0 saturated heterocycles. The van der Waals surface area contributed by atoms with E-state index in [4.69, 9.17) is 5.11 Å². The van der Waals surface area contributed by atoms with E-state index in [0.717, 1.165) is 0 Å². The summed E-state index contributed by atoms with van der Waals surface area (Å²) in [5, 5.41) is 8.56. The van der Waals surface area contributed by atoms with Crippen LogP contribution in [0.2, 0.25) is 0 Å². The Morgan fingerprint density at radius 1 is 1.14 bits per heavy atom. The largest absolute Gasteiger partial charge is 0.384 e. The Bertz CT molecular complexity index is 728. The summed E-state index contributed by atoms with van der Waals surface area (Å²) < 4.78 is 50.5. The van der Waals surface area contributed by atoms with Crippen LogP contribution in [0.25, 0.3) is 0 Å². The molecule has 0 bridgehead atoms. The molecule has 0 saturated carbocycles. The molecule has 1 rings (SSSR count). The van der Waals surface area contributed by atoms with Crippen molar-refractivity contribution in [2.45, 2.75) is 4.90 Å². The highest BCUT2D eigenvalue weighted by Crippen LogP contribution is 2.09. The normalized spacial score (nSPS) is 11.7. The highest BCUT2D eigenvalue weighted by atomic mass is 32.2. The first-order valence-corrected chi connectivity index (χ1v) is 9.05. The van der Waals surface area contributed by atoms with Crippen molar-refractivity contribution in [1.29, 1.82) is 0 Å². The van der Waals surface area contributed by atoms with E-state index in [1.165, 1.54) is 31.3 Å². The van der Waals surface area contributed by atoms with Crippen LogP contribution in [0.3, 0.4) is 0 Å². The van der Waals surface area contributed by atoms with Gasteiger partial charge in [0, 0.05) is 12.1 Å². The molecule has 0 aromatic heterocycles. The van der Waals surface area contributed by atoms with E-state index in [0.29, 0.717) is 5.56 Å². The molecule has 0 atom stereocenters. The van der Waals surface area contributed by atoms with Gasteiger partial charge in [-0.05, 0) is 31.3 Å². The molecule has 7 nitrogen and oxygen atoms in total. The Morgan fingerprint density at radius 3 is 2.29 bits per heavy atom. The minimum Gasteiger partial charge on any atom is -0.384 e. The van der Waals surface area contributed by atoms with Gasteiger partial charge < -0.3 is 5.11 Å². The van der Waals surface area contributed by atoms with E-state index >= 15 is 0 Å². The second-order valence-corrected chi connectivity index (χ2v) is 7.72. The molecule has 0 aliphatic heterocycles. The summed E-state index contributed by atoms with van der Waals surface area (Å²) >= 11 is 0. The fourth-order valence-electron chi connectivity index (χ4n) is 1.35. The minimum atomic E-state index is -3.77. The molecular formula is C12H16N2O5S2. The summed E-state index contributed by atoms with van der Waals surface area (Å²) in [5.41, 5.74) is 0.570. The van der Waals surface area contributed by atoms with Gasteiger partial charge in [0.2, 0.25) is 20.0 Å². The topological polar surface area (TPSA) is 113 Å². The first kappa shape index (κ1) is 17.6. The van der Waals surface area contributed by atoms with Crippen molar-refractivity contribution < 1.29 is 21.9 Å². The van der Waals surface area contributed by atoms with Crippen LogP contribution < -0.4 is 9.44 Å². The Morgan fingerprint density at radius 2 is 1.76 bits per heavy atom. The molecule has 3 N–H and O–H groups in total. The molecule has 0 heterocycles. The van der Waals surface area contributed by atoms with Crippen LogP contribution in [0, 0.1) is 11.8 Å². The lowest BCUT2D eigenvalue weighted by Gasteiger charge is -2.07. The molecule has 1 aromatic carbocycles. The summed E-state index contributed by atoms with van der Waals surface area (Å²) in [4.78, 5) is 0.0129. The lowest BCUT2D eigenvalue weighted by atomic mass is 10.2. The summed E-state index contributed by atoms with van der Waals surface area (Å²) in [6.45, 7) is -0.501. The monoisotopic (exact) mass is 332 g/mol. The third-order valence-electron chi connectivity index (χ3n) is 2.45. The quantitative estimate of drug-likeness (QED) is 0.570. The van der Waals surface area contributed by atoms with Crippen molar-refractivity contribution in [2.75, 3.05) is 26.0 Å². The third kappa shape index (κ3) is 5.82. The minimum absolute atomic E-state index is 0.0129. The van der Waals surface area contributed by atoms with Gasteiger partial charge in [-0.1, -0.05) is 11.8 Å². The highest BCUT2D eigenvalue weighted by molar-refractivity contribution is 7.90. The van der Waals surface area contributed by atoms with Crippen molar-refractivity contribution in [2.24, 2.45) is 0 Å². The van der Waals surface area contributed by atoms with E-state index in [1.807, 2.05) is 0 Å². The maximum absolute atomic E-state index is 11.9. The van der Waals surface area contributed by atoms with Crippen molar-refractivity contribution in [3.05, 3.63) is 29.8 Å². The van der Waals surface area contributed by atoms with Gasteiger partial charge in [-0.2, -0.15) is 0 Å². The predicted octanol–water partition coefficient (Wildman–Crippen LogP) is -1.14. The fourth-order valence-corrected chi connectivity index (χ4v) is 3.09. The van der Waals surface area contributed by atoms with Gasteiger partial charge in [-0.15, -0.1) is 0 Å². The Balaban J connectivity index is 2.75. The number of hydrogen-bond donors (Lipinski definition) is 3. The van der Waals surface area contributed by atoms with E-state index in [1.54, 1.807) is 0 Å². The van der Waals surface area contributed by atoms with Crippen molar-refractivity contribution in [3.63, 3.8) is 0 Å². The van der Waals surface area contributed by atoms with E-state index in [2.05, 4.69) is 21.3 Å². The van der Waals surface area contributed by atoms with Crippen LogP contribution in [-0.2, 0) is 20.0 Å². The van der Waals surface area contributed by atoms with Gasteiger partial charge >= 0.3 is 0 Å². The second kappa shape index (κ2) is 7.53. The average molecular weight is 332 g/mol. The molecule has 0 unspecified atom stereocenters. The molecule has 1 aromatic rings. The van der Waals surface area contributed by atoms with Crippen LogP contribution in [0.5, 0.6) is 0 Å². The number of benzene rings is 1. The summed E-state index contributed by atoms with van der Waals surface area (Å²) in [5.74, 6) is 4.74. The summed E-state index contributed by atoms with van der Waals surface area (Å²) in [6.07, 6.45) is 0.